The largest absolute Gasteiger partial charge is 0.478 e. The third kappa shape index (κ3) is 3.67. The van der Waals surface area contributed by atoms with Crippen LogP contribution >= 0.6 is 0 Å². The van der Waals surface area contributed by atoms with Gasteiger partial charge in [-0.05, 0) is 6.08 Å². The van der Waals surface area contributed by atoms with E-state index in [-0.39, 0.29) is 6.54 Å². The molecule has 0 saturated heterocycles. The molecule has 1 rings (SSSR count). The highest BCUT2D eigenvalue weighted by Crippen LogP contribution is 2.22. The molecule has 0 aliphatic carbocycles. The van der Waals surface area contributed by atoms with E-state index in [1.54, 1.807) is 0 Å². The first kappa shape index (κ1) is 16.4. The molecule has 0 bridgehead atoms. The standard InChI is InChI=1S/C11H18N2O7/c1-4(14)13-8-5(15)2-7(11(18)19)20-10(8)9(17)6(16)3-12/h2,5-6,8-10,15-17H,3,12H2,1H3,(H,13,14)(H,18,19)/t5-,6+,8+,9+,10+/m0/s1. The highest BCUT2D eigenvalue weighted by atomic mass is 16.5. The summed E-state index contributed by atoms with van der Waals surface area (Å²) >= 11 is 0. The molecule has 1 aliphatic rings. The van der Waals surface area contributed by atoms with Crippen LogP contribution in [0, 0.1) is 0 Å². The van der Waals surface area contributed by atoms with Crippen molar-refractivity contribution in [3.05, 3.63) is 11.8 Å². The van der Waals surface area contributed by atoms with Crippen LogP contribution in [-0.2, 0) is 14.3 Å². The van der Waals surface area contributed by atoms with Gasteiger partial charge in [-0.25, -0.2) is 4.79 Å². The van der Waals surface area contributed by atoms with Gasteiger partial charge in [-0.1, -0.05) is 0 Å². The van der Waals surface area contributed by atoms with Crippen LogP contribution in [-0.4, -0.2) is 69.3 Å². The second-order valence-electron chi connectivity index (χ2n) is 4.43. The monoisotopic (exact) mass is 290 g/mol. The number of aliphatic hydroxyl groups excluding tert-OH is 3. The fourth-order valence-electron chi connectivity index (χ4n) is 1.88. The summed E-state index contributed by atoms with van der Waals surface area (Å²) in [4.78, 5) is 22.0. The van der Waals surface area contributed by atoms with Crippen molar-refractivity contribution in [3.8, 4) is 0 Å². The molecule has 7 N–H and O–H groups in total. The lowest BCUT2D eigenvalue weighted by Crippen LogP contribution is -2.60. The van der Waals surface area contributed by atoms with E-state index >= 15 is 0 Å². The summed E-state index contributed by atoms with van der Waals surface area (Å²) in [6, 6.07) is -1.10. The van der Waals surface area contributed by atoms with Crippen LogP contribution in [0.15, 0.2) is 11.8 Å². The highest BCUT2D eigenvalue weighted by molar-refractivity contribution is 5.84. The Kier molecular flexibility index (Phi) is 5.45. The van der Waals surface area contributed by atoms with Crippen molar-refractivity contribution in [2.75, 3.05) is 6.54 Å². The van der Waals surface area contributed by atoms with Gasteiger partial charge in [-0.2, -0.15) is 0 Å². The third-order valence-corrected chi connectivity index (χ3v) is 2.86. The number of amides is 1. The van der Waals surface area contributed by atoms with Crippen molar-refractivity contribution in [1.82, 2.24) is 5.32 Å². The number of rotatable bonds is 5. The maximum Gasteiger partial charge on any atom is 0.370 e. The van der Waals surface area contributed by atoms with E-state index in [9.17, 15) is 24.9 Å². The van der Waals surface area contributed by atoms with Crippen LogP contribution in [0.5, 0.6) is 0 Å². The minimum absolute atomic E-state index is 0.296. The Hall–Kier alpha value is -1.68. The molecule has 114 valence electrons. The topological polar surface area (TPSA) is 162 Å². The van der Waals surface area contributed by atoms with Crippen molar-refractivity contribution in [1.29, 1.82) is 0 Å². The van der Waals surface area contributed by atoms with E-state index < -0.39 is 48.1 Å². The molecule has 9 heteroatoms. The number of nitrogens with two attached hydrogens (primary N) is 1. The van der Waals surface area contributed by atoms with E-state index in [2.05, 4.69) is 5.32 Å². The van der Waals surface area contributed by atoms with Gasteiger partial charge in [0.25, 0.3) is 0 Å². The number of carboxylic acids is 1. The van der Waals surface area contributed by atoms with Gasteiger partial charge in [0.2, 0.25) is 11.7 Å². The molecule has 0 radical (unpaired) electrons. The molecule has 0 aromatic carbocycles. The van der Waals surface area contributed by atoms with Crippen molar-refractivity contribution >= 4 is 11.9 Å². The summed E-state index contributed by atoms with van der Waals surface area (Å²) in [7, 11) is 0. The number of ether oxygens (including phenoxy) is 1. The van der Waals surface area contributed by atoms with Crippen LogP contribution in [0.3, 0.4) is 0 Å². The molecule has 1 heterocycles. The van der Waals surface area contributed by atoms with Crippen molar-refractivity contribution in [2.45, 2.75) is 37.4 Å². The number of carboxylic acid groups (broad SMARTS) is 1. The van der Waals surface area contributed by atoms with Gasteiger partial charge in [-0.15, -0.1) is 0 Å². The molecule has 20 heavy (non-hydrogen) atoms. The summed E-state index contributed by atoms with van der Waals surface area (Å²) in [5.41, 5.74) is 5.21. The van der Waals surface area contributed by atoms with Gasteiger partial charge in [0.15, 0.2) is 6.10 Å². The van der Waals surface area contributed by atoms with E-state index in [1.807, 2.05) is 0 Å². The molecule has 0 saturated carbocycles. The average molecular weight is 290 g/mol. The number of nitrogens with one attached hydrogen (secondary N) is 1. The molecule has 1 aliphatic heterocycles. The highest BCUT2D eigenvalue weighted by Gasteiger charge is 2.42. The molecule has 9 nitrogen and oxygen atoms in total. The molecular weight excluding hydrogens is 272 g/mol. The maximum atomic E-state index is 11.1. The lowest BCUT2D eigenvalue weighted by Gasteiger charge is -2.38. The van der Waals surface area contributed by atoms with Crippen LogP contribution in [0.2, 0.25) is 0 Å². The number of carbonyl (C=O) groups is 2. The number of carbonyl (C=O) groups excluding carboxylic acids is 1. The number of hydrogen-bond donors (Lipinski definition) is 6. The van der Waals surface area contributed by atoms with E-state index in [4.69, 9.17) is 15.6 Å². The number of aliphatic hydroxyl groups is 3. The first-order chi connectivity index (χ1) is 9.27. The first-order valence-electron chi connectivity index (χ1n) is 5.91. The molecule has 5 atom stereocenters. The fraction of sp³-hybridized carbons (Fsp3) is 0.636. The first-order valence-corrected chi connectivity index (χ1v) is 5.91. The quantitative estimate of drug-likeness (QED) is 0.310. The smallest absolute Gasteiger partial charge is 0.370 e. The van der Waals surface area contributed by atoms with E-state index in [0.29, 0.717) is 0 Å². The Morgan fingerprint density at radius 1 is 1.50 bits per heavy atom. The van der Waals surface area contributed by atoms with Gasteiger partial charge >= 0.3 is 5.97 Å². The Bertz CT molecular complexity index is 412. The number of hydrogen-bond acceptors (Lipinski definition) is 7. The summed E-state index contributed by atoms with van der Waals surface area (Å²) in [6.07, 6.45) is -4.79. The Morgan fingerprint density at radius 2 is 2.10 bits per heavy atom. The summed E-state index contributed by atoms with van der Waals surface area (Å²) < 4.78 is 5.04. The lowest BCUT2D eigenvalue weighted by atomic mass is 9.93. The molecule has 0 aromatic rings. The SMILES string of the molecule is CC(=O)N[C@H]1[C@H]([C@H](O)[C@H](O)CN)OC(C(=O)O)=C[C@@H]1O. The Morgan fingerprint density at radius 3 is 2.55 bits per heavy atom. The predicted molar refractivity (Wildman–Crippen MR) is 65.3 cm³/mol. The minimum Gasteiger partial charge on any atom is -0.478 e. The average Bonchev–Trinajstić information content (AvgIpc) is 2.38. The number of aliphatic carboxylic acids is 1. The zero-order valence-corrected chi connectivity index (χ0v) is 10.8. The molecule has 0 unspecified atom stereocenters. The van der Waals surface area contributed by atoms with Crippen molar-refractivity contribution < 1.29 is 34.8 Å². The van der Waals surface area contributed by atoms with Gasteiger partial charge < -0.3 is 36.2 Å². The Balaban J connectivity index is 3.04. The maximum absolute atomic E-state index is 11.1. The molecular formula is C11H18N2O7. The second-order valence-corrected chi connectivity index (χ2v) is 4.43. The predicted octanol–water partition coefficient (Wildman–Crippen LogP) is -3.10. The van der Waals surface area contributed by atoms with Crippen molar-refractivity contribution in [3.63, 3.8) is 0 Å². The summed E-state index contributed by atoms with van der Waals surface area (Å²) in [5.74, 6) is -2.53. The zero-order valence-electron chi connectivity index (χ0n) is 10.8. The Labute approximate surface area is 114 Å². The van der Waals surface area contributed by atoms with Crippen molar-refractivity contribution in [2.24, 2.45) is 5.73 Å². The molecule has 0 aromatic heterocycles. The van der Waals surface area contributed by atoms with Gasteiger partial charge in [0, 0.05) is 13.5 Å². The third-order valence-electron chi connectivity index (χ3n) is 2.86. The fourth-order valence-corrected chi connectivity index (χ4v) is 1.88. The van der Waals surface area contributed by atoms with E-state index in [1.165, 1.54) is 6.92 Å². The lowest BCUT2D eigenvalue weighted by molar-refractivity contribution is -0.147. The molecule has 1 amide bonds. The van der Waals surface area contributed by atoms with Gasteiger partial charge in [-0.3, -0.25) is 4.79 Å². The van der Waals surface area contributed by atoms with Crippen LogP contribution in [0.4, 0.5) is 0 Å². The van der Waals surface area contributed by atoms with Crippen LogP contribution in [0.25, 0.3) is 0 Å². The van der Waals surface area contributed by atoms with Gasteiger partial charge in [0.05, 0.1) is 12.1 Å². The zero-order chi connectivity index (χ0) is 15.4. The molecule has 0 spiro atoms. The normalized spacial score (nSPS) is 28.9. The van der Waals surface area contributed by atoms with Crippen LogP contribution in [0.1, 0.15) is 6.92 Å². The summed E-state index contributed by atoms with van der Waals surface area (Å²) in [5, 5.41) is 40.5. The van der Waals surface area contributed by atoms with Gasteiger partial charge in [0.1, 0.15) is 12.2 Å². The molecule has 0 fully saturated rings. The van der Waals surface area contributed by atoms with E-state index in [0.717, 1.165) is 6.08 Å². The minimum atomic E-state index is -1.57. The second kappa shape index (κ2) is 6.66. The summed E-state index contributed by atoms with van der Waals surface area (Å²) in [6.45, 7) is 0.891. The van der Waals surface area contributed by atoms with Crippen LogP contribution < -0.4 is 11.1 Å².